The van der Waals surface area contributed by atoms with Crippen molar-refractivity contribution >= 4 is 16.8 Å². The zero-order chi connectivity index (χ0) is 21.1. The van der Waals surface area contributed by atoms with Gasteiger partial charge in [0.25, 0.3) is 5.91 Å². The summed E-state index contributed by atoms with van der Waals surface area (Å²) in [6.07, 6.45) is 5.98. The highest BCUT2D eigenvalue weighted by atomic mass is 16.5. The second-order valence-corrected chi connectivity index (χ2v) is 7.20. The normalized spacial score (nSPS) is 11.0. The summed E-state index contributed by atoms with van der Waals surface area (Å²) in [6.45, 7) is 5.22. The molecule has 7 nitrogen and oxygen atoms in total. The molecular weight excluding hydrogens is 378 g/mol. The summed E-state index contributed by atoms with van der Waals surface area (Å²) in [5.41, 5.74) is 4.53. The molecular formula is C23H25N5O2. The highest BCUT2D eigenvalue weighted by Crippen LogP contribution is 2.24. The quantitative estimate of drug-likeness (QED) is 0.510. The Kier molecular flexibility index (Phi) is 5.52. The van der Waals surface area contributed by atoms with Crippen molar-refractivity contribution in [3.8, 4) is 11.4 Å². The third-order valence-corrected chi connectivity index (χ3v) is 5.31. The Bertz CT molecular complexity index is 1160. The fourth-order valence-corrected chi connectivity index (χ4v) is 3.66. The topological polar surface area (TPSA) is 76.0 Å². The molecule has 0 aliphatic carbocycles. The van der Waals surface area contributed by atoms with Crippen LogP contribution in [-0.2, 0) is 6.42 Å². The van der Waals surface area contributed by atoms with Gasteiger partial charge in [-0.15, -0.1) is 0 Å². The molecule has 0 aliphatic heterocycles. The lowest BCUT2D eigenvalue weighted by Gasteiger charge is -2.22. The molecule has 0 bridgehead atoms. The van der Waals surface area contributed by atoms with Crippen molar-refractivity contribution in [3.63, 3.8) is 0 Å². The van der Waals surface area contributed by atoms with Crippen LogP contribution in [0.5, 0.6) is 5.75 Å². The fourth-order valence-electron chi connectivity index (χ4n) is 3.66. The largest absolute Gasteiger partial charge is 0.497 e. The first kappa shape index (κ1) is 19.7. The molecule has 0 saturated carbocycles. The predicted octanol–water partition coefficient (Wildman–Crippen LogP) is 3.77. The van der Waals surface area contributed by atoms with Gasteiger partial charge in [0.2, 0.25) is 0 Å². The van der Waals surface area contributed by atoms with Crippen molar-refractivity contribution in [2.45, 2.75) is 20.3 Å². The number of carbonyl (C=O) groups is 1. The van der Waals surface area contributed by atoms with Crippen molar-refractivity contribution < 1.29 is 9.53 Å². The van der Waals surface area contributed by atoms with E-state index in [9.17, 15) is 4.79 Å². The van der Waals surface area contributed by atoms with E-state index in [2.05, 4.69) is 21.2 Å². The molecule has 7 heteroatoms. The van der Waals surface area contributed by atoms with Gasteiger partial charge in [-0.3, -0.25) is 4.79 Å². The monoisotopic (exact) mass is 403 g/mol. The first-order valence-electron chi connectivity index (χ1n) is 10.0. The molecule has 154 valence electrons. The number of nitrogens with zero attached hydrogens (tertiary/aromatic N) is 4. The van der Waals surface area contributed by atoms with E-state index in [1.807, 2.05) is 55.3 Å². The summed E-state index contributed by atoms with van der Waals surface area (Å²) in [6, 6.07) is 11.8. The van der Waals surface area contributed by atoms with Gasteiger partial charge in [-0.2, -0.15) is 15.0 Å². The van der Waals surface area contributed by atoms with E-state index in [0.717, 1.165) is 28.6 Å². The van der Waals surface area contributed by atoms with Gasteiger partial charge in [-0.1, -0.05) is 11.6 Å². The Hall–Kier alpha value is -3.61. The number of carbonyl (C=O) groups excluding carboxylic acids is 1. The van der Waals surface area contributed by atoms with Crippen LogP contribution in [0.25, 0.3) is 16.6 Å². The van der Waals surface area contributed by atoms with Crippen LogP contribution in [0.15, 0.2) is 55.0 Å². The van der Waals surface area contributed by atoms with E-state index < -0.39 is 0 Å². The molecule has 2 aromatic carbocycles. The number of ether oxygens (including phenoxy) is 1. The van der Waals surface area contributed by atoms with E-state index in [-0.39, 0.29) is 5.91 Å². The fraction of sp³-hybridized carbons (Fsp3) is 0.261. The summed E-state index contributed by atoms with van der Waals surface area (Å²) < 4.78 is 5.29. The number of methoxy groups -OCH3 is 1. The van der Waals surface area contributed by atoms with Crippen LogP contribution in [0.1, 0.15) is 28.4 Å². The molecule has 30 heavy (non-hydrogen) atoms. The number of rotatable bonds is 7. The summed E-state index contributed by atoms with van der Waals surface area (Å²) in [5, 5.41) is 9.55. The summed E-state index contributed by atoms with van der Waals surface area (Å²) >= 11 is 0. The van der Waals surface area contributed by atoms with Crippen LogP contribution in [0.4, 0.5) is 0 Å². The van der Waals surface area contributed by atoms with E-state index in [1.54, 1.807) is 19.5 Å². The Morgan fingerprint density at radius 1 is 1.17 bits per heavy atom. The minimum absolute atomic E-state index is 0.0185. The number of aromatic amines is 1. The number of fused-ring (bicyclic) bond motifs is 1. The predicted molar refractivity (Wildman–Crippen MR) is 116 cm³/mol. The van der Waals surface area contributed by atoms with Crippen molar-refractivity contribution in [3.05, 3.63) is 71.7 Å². The lowest BCUT2D eigenvalue weighted by Crippen LogP contribution is -2.33. The highest BCUT2D eigenvalue weighted by Gasteiger charge is 2.20. The summed E-state index contributed by atoms with van der Waals surface area (Å²) in [5.74, 6) is 0.801. The number of amides is 1. The molecule has 2 heterocycles. The maximum atomic E-state index is 13.4. The molecule has 1 amide bonds. The maximum Gasteiger partial charge on any atom is 0.256 e. The molecule has 0 aliphatic rings. The van der Waals surface area contributed by atoms with Crippen LogP contribution in [0, 0.1) is 6.92 Å². The van der Waals surface area contributed by atoms with Gasteiger partial charge in [-0.05, 0) is 50.1 Å². The molecule has 0 fully saturated rings. The van der Waals surface area contributed by atoms with Crippen LogP contribution in [-0.4, -0.2) is 51.0 Å². The van der Waals surface area contributed by atoms with Crippen molar-refractivity contribution in [2.75, 3.05) is 20.2 Å². The maximum absolute atomic E-state index is 13.4. The van der Waals surface area contributed by atoms with Gasteiger partial charge in [0.05, 0.1) is 30.8 Å². The molecule has 1 N–H and O–H groups in total. The molecule has 0 radical (unpaired) electrons. The average molecular weight is 403 g/mol. The van der Waals surface area contributed by atoms with E-state index in [0.29, 0.717) is 24.3 Å². The van der Waals surface area contributed by atoms with Crippen LogP contribution in [0.2, 0.25) is 0 Å². The van der Waals surface area contributed by atoms with Gasteiger partial charge in [0, 0.05) is 36.3 Å². The Balaban J connectivity index is 1.57. The Labute approximate surface area is 175 Å². The van der Waals surface area contributed by atoms with Crippen molar-refractivity contribution in [1.29, 1.82) is 0 Å². The minimum Gasteiger partial charge on any atom is -0.497 e. The zero-order valence-corrected chi connectivity index (χ0v) is 17.4. The minimum atomic E-state index is -0.0185. The van der Waals surface area contributed by atoms with Crippen LogP contribution >= 0.6 is 0 Å². The average Bonchev–Trinajstić information content (AvgIpc) is 3.43. The number of hydrogen-bond acceptors (Lipinski definition) is 4. The van der Waals surface area contributed by atoms with E-state index >= 15 is 0 Å². The summed E-state index contributed by atoms with van der Waals surface area (Å²) in [7, 11) is 1.66. The third-order valence-electron chi connectivity index (χ3n) is 5.31. The Morgan fingerprint density at radius 3 is 2.70 bits per heavy atom. The lowest BCUT2D eigenvalue weighted by molar-refractivity contribution is 0.0766. The second kappa shape index (κ2) is 8.41. The number of hydrogen-bond donors (Lipinski definition) is 1. The number of aromatic nitrogens is 4. The summed E-state index contributed by atoms with van der Waals surface area (Å²) in [4.78, 5) is 20.0. The first-order chi connectivity index (χ1) is 14.6. The van der Waals surface area contributed by atoms with Crippen LogP contribution < -0.4 is 4.74 Å². The molecule has 4 rings (SSSR count). The number of nitrogens with one attached hydrogen (secondary N) is 1. The van der Waals surface area contributed by atoms with Gasteiger partial charge in [0.15, 0.2) is 0 Å². The van der Waals surface area contributed by atoms with E-state index in [1.165, 1.54) is 10.4 Å². The van der Waals surface area contributed by atoms with Crippen molar-refractivity contribution in [2.24, 2.45) is 0 Å². The SMILES string of the molecule is CCN(CCc1c[nH]c2cc(OC)ccc12)C(=O)c1cc(C)ccc1-n1nccn1. The molecule has 4 aromatic rings. The molecule has 0 unspecified atom stereocenters. The van der Waals surface area contributed by atoms with Crippen molar-refractivity contribution in [1.82, 2.24) is 24.9 Å². The smallest absolute Gasteiger partial charge is 0.256 e. The number of benzene rings is 2. The van der Waals surface area contributed by atoms with Gasteiger partial charge in [-0.25, -0.2) is 0 Å². The molecule has 0 atom stereocenters. The first-order valence-corrected chi connectivity index (χ1v) is 10.0. The van der Waals surface area contributed by atoms with Crippen LogP contribution in [0.3, 0.4) is 0 Å². The van der Waals surface area contributed by atoms with Gasteiger partial charge in [0.1, 0.15) is 5.75 Å². The standard InChI is InChI=1S/C23H25N5O2/c1-4-27(12-9-17-15-24-21-14-18(30-3)6-7-19(17)21)23(29)20-13-16(2)5-8-22(20)28-25-10-11-26-28/h5-8,10-11,13-15,24H,4,9,12H2,1-3H3. The highest BCUT2D eigenvalue weighted by molar-refractivity contribution is 5.98. The van der Waals surface area contributed by atoms with E-state index in [4.69, 9.17) is 4.74 Å². The van der Waals surface area contributed by atoms with Gasteiger partial charge >= 0.3 is 0 Å². The zero-order valence-electron chi connectivity index (χ0n) is 17.4. The number of H-pyrrole nitrogens is 1. The number of likely N-dealkylation sites (N-methyl/N-ethyl adjacent to an activating group) is 1. The molecule has 0 spiro atoms. The molecule has 2 aromatic heterocycles. The lowest BCUT2D eigenvalue weighted by atomic mass is 10.1. The second-order valence-electron chi connectivity index (χ2n) is 7.20. The molecule has 0 saturated heterocycles. The Morgan fingerprint density at radius 2 is 1.97 bits per heavy atom. The number of aryl methyl sites for hydroxylation is 1. The third kappa shape index (κ3) is 3.78. The van der Waals surface area contributed by atoms with Gasteiger partial charge < -0.3 is 14.6 Å².